The smallest absolute Gasteiger partial charge is 0.303 e. The molecule has 0 amide bonds. The molecule has 212 valence electrons. The Bertz CT molecular complexity index is 1820. The number of H-pyrrole nitrogens is 2. The molecule has 41 heavy (non-hydrogen) atoms. The fourth-order valence-electron chi connectivity index (χ4n) is 5.72. The van der Waals surface area contributed by atoms with E-state index in [4.69, 9.17) is 9.97 Å². The van der Waals surface area contributed by atoms with Crippen LogP contribution in [0.5, 0.6) is 0 Å². The van der Waals surface area contributed by atoms with Gasteiger partial charge in [0, 0.05) is 40.5 Å². The number of nitrogens with zero attached hydrogens (tertiary/aromatic N) is 2. The van der Waals surface area contributed by atoms with E-state index in [9.17, 15) is 24.9 Å². The van der Waals surface area contributed by atoms with E-state index in [1.807, 2.05) is 58.0 Å². The molecule has 0 saturated heterocycles. The van der Waals surface area contributed by atoms with Crippen LogP contribution in [0.15, 0.2) is 24.3 Å². The number of fused-ring (bicyclic) bond motifs is 8. The van der Waals surface area contributed by atoms with Gasteiger partial charge in [0.25, 0.3) is 0 Å². The first-order valence-electron chi connectivity index (χ1n) is 13.7. The summed E-state index contributed by atoms with van der Waals surface area (Å²) in [6.45, 7) is 9.58. The van der Waals surface area contributed by atoms with Gasteiger partial charge in [0.2, 0.25) is 0 Å². The summed E-state index contributed by atoms with van der Waals surface area (Å²) in [5.41, 5.74) is 12.2. The van der Waals surface area contributed by atoms with Crippen molar-refractivity contribution >= 4 is 56.8 Å². The number of aliphatic carboxylic acids is 2. The Labute approximate surface area is 237 Å². The van der Waals surface area contributed by atoms with Gasteiger partial charge in [0.15, 0.2) is 0 Å². The molecule has 5 rings (SSSR count). The first kappa shape index (κ1) is 28.0. The molecular weight excluding hydrogens is 520 g/mol. The van der Waals surface area contributed by atoms with E-state index in [-0.39, 0.29) is 12.8 Å². The maximum absolute atomic E-state index is 11.5. The van der Waals surface area contributed by atoms with Crippen LogP contribution in [0.2, 0.25) is 0 Å². The highest BCUT2D eigenvalue weighted by molar-refractivity contribution is 5.94. The van der Waals surface area contributed by atoms with E-state index in [0.29, 0.717) is 24.2 Å². The average molecular weight is 555 g/mol. The fourth-order valence-corrected chi connectivity index (χ4v) is 5.72. The highest BCUT2D eigenvalue weighted by Crippen LogP contribution is 2.36. The minimum absolute atomic E-state index is 0.0238. The van der Waals surface area contributed by atoms with Crippen molar-refractivity contribution in [3.8, 4) is 0 Å². The number of carboxylic acid groups (broad SMARTS) is 2. The van der Waals surface area contributed by atoms with Gasteiger partial charge < -0.3 is 25.3 Å². The van der Waals surface area contributed by atoms with Crippen LogP contribution in [0.1, 0.15) is 91.2 Å². The average Bonchev–Trinajstić information content (AvgIpc) is 3.56. The lowest BCUT2D eigenvalue weighted by atomic mass is 10.0. The van der Waals surface area contributed by atoms with E-state index in [2.05, 4.69) is 9.97 Å². The minimum Gasteiger partial charge on any atom is -0.481 e. The maximum atomic E-state index is 11.5. The molecule has 2 aliphatic heterocycles. The number of aliphatic hydroxyl groups is 1. The summed E-state index contributed by atoms with van der Waals surface area (Å²) >= 11 is 0. The Morgan fingerprint density at radius 1 is 0.780 bits per heavy atom. The number of rotatable bonds is 7. The molecule has 0 fully saturated rings. The van der Waals surface area contributed by atoms with Crippen LogP contribution in [0.4, 0.5) is 0 Å². The Morgan fingerprint density at radius 3 is 2.07 bits per heavy atom. The van der Waals surface area contributed by atoms with Gasteiger partial charge in [-0.05, 0) is 111 Å². The molecule has 9 heteroatoms. The van der Waals surface area contributed by atoms with Gasteiger partial charge in [-0.25, -0.2) is 9.97 Å². The van der Waals surface area contributed by atoms with Gasteiger partial charge >= 0.3 is 11.9 Å². The van der Waals surface area contributed by atoms with Crippen molar-refractivity contribution in [2.75, 3.05) is 0 Å². The predicted octanol–water partition coefficient (Wildman–Crippen LogP) is 6.36. The molecule has 0 spiro atoms. The summed E-state index contributed by atoms with van der Waals surface area (Å²) in [5.74, 6) is -1.78. The van der Waals surface area contributed by atoms with Crippen molar-refractivity contribution in [2.24, 2.45) is 0 Å². The predicted molar refractivity (Wildman–Crippen MR) is 160 cm³/mol. The molecule has 0 aliphatic carbocycles. The molecule has 1 atom stereocenters. The van der Waals surface area contributed by atoms with Crippen molar-refractivity contribution in [1.82, 2.24) is 19.9 Å². The lowest BCUT2D eigenvalue weighted by Gasteiger charge is -2.04. The molecule has 0 radical (unpaired) electrons. The van der Waals surface area contributed by atoms with Crippen LogP contribution in [-0.2, 0) is 16.0 Å². The summed E-state index contributed by atoms with van der Waals surface area (Å²) in [6, 6.07) is 7.72. The third-order valence-electron chi connectivity index (χ3n) is 7.95. The van der Waals surface area contributed by atoms with Gasteiger partial charge in [-0.1, -0.05) is 0 Å². The van der Waals surface area contributed by atoms with Gasteiger partial charge in [0.1, 0.15) is 0 Å². The van der Waals surface area contributed by atoms with Crippen molar-refractivity contribution in [3.63, 3.8) is 0 Å². The number of hydrogen-bond donors (Lipinski definition) is 5. The van der Waals surface area contributed by atoms with Crippen LogP contribution in [-0.4, -0.2) is 47.2 Å². The van der Waals surface area contributed by atoms with Crippen LogP contribution >= 0.6 is 0 Å². The molecule has 9 nitrogen and oxygen atoms in total. The summed E-state index contributed by atoms with van der Waals surface area (Å²) in [6.07, 6.45) is 1.85. The topological polar surface area (TPSA) is 152 Å². The summed E-state index contributed by atoms with van der Waals surface area (Å²) in [5, 5.41) is 29.5. The number of allylic oxidation sites excluding steroid dienone is 3. The third-order valence-corrected chi connectivity index (χ3v) is 7.95. The Balaban J connectivity index is 1.91. The zero-order chi connectivity index (χ0) is 29.6. The molecular formula is C32H34N4O5. The zero-order valence-corrected chi connectivity index (χ0v) is 23.8. The molecule has 2 aliphatic rings. The number of carbonyl (C=O) groups is 2. The lowest BCUT2D eigenvalue weighted by Crippen LogP contribution is -1.98. The summed E-state index contributed by atoms with van der Waals surface area (Å²) in [4.78, 5) is 39.7. The molecule has 5 heterocycles. The number of nitrogens with one attached hydrogen (secondary N) is 2. The van der Waals surface area contributed by atoms with E-state index in [0.717, 1.165) is 72.4 Å². The van der Waals surface area contributed by atoms with Crippen molar-refractivity contribution in [1.29, 1.82) is 0 Å². The second kappa shape index (κ2) is 10.8. The zero-order valence-electron chi connectivity index (χ0n) is 23.8. The van der Waals surface area contributed by atoms with E-state index in [1.54, 1.807) is 6.92 Å². The number of carboxylic acids is 2. The summed E-state index contributed by atoms with van der Waals surface area (Å²) < 4.78 is 0. The highest BCUT2D eigenvalue weighted by Gasteiger charge is 2.20. The van der Waals surface area contributed by atoms with Gasteiger partial charge in [-0.3, -0.25) is 9.59 Å². The first-order valence-corrected chi connectivity index (χ1v) is 13.7. The van der Waals surface area contributed by atoms with Gasteiger partial charge in [-0.15, -0.1) is 0 Å². The van der Waals surface area contributed by atoms with Crippen LogP contribution in [0.3, 0.4) is 0 Å². The van der Waals surface area contributed by atoms with Gasteiger partial charge in [-0.2, -0.15) is 0 Å². The highest BCUT2D eigenvalue weighted by atomic mass is 16.4. The van der Waals surface area contributed by atoms with Crippen molar-refractivity contribution in [3.05, 3.63) is 69.3 Å². The maximum Gasteiger partial charge on any atom is 0.303 e. The molecule has 3 aromatic heterocycles. The number of aliphatic hydroxyl groups excluding tert-OH is 1. The van der Waals surface area contributed by atoms with Crippen LogP contribution in [0, 0.1) is 13.8 Å². The normalized spacial score (nSPS) is 13.9. The number of aryl methyl sites for hydroxylation is 3. The molecule has 0 saturated carbocycles. The van der Waals surface area contributed by atoms with Crippen LogP contribution in [0.25, 0.3) is 44.9 Å². The van der Waals surface area contributed by atoms with Crippen molar-refractivity contribution in [2.45, 2.75) is 66.4 Å². The minimum atomic E-state index is -0.895. The molecule has 1 unspecified atom stereocenters. The quantitative estimate of drug-likeness (QED) is 0.228. The van der Waals surface area contributed by atoms with E-state index in [1.165, 1.54) is 0 Å². The molecule has 0 aromatic carbocycles. The largest absolute Gasteiger partial charge is 0.481 e. The standard InChI is InChI=1S/C32H34N4O5/c1-15-10-20-11-24-16(2)21(6-8-30(38)39)27(34-24)14-28-22(7-9-31(40)41)17(3)25(35-28)13-26-18(4)32(19(5)37)29(36-26)12-23(15)33-20/h10-14,19,34,36-37H,6-9H2,1-5H3,(H,38,39)(H,40,41). The molecule has 3 aromatic rings. The van der Waals surface area contributed by atoms with Gasteiger partial charge in [0.05, 0.1) is 28.9 Å². The van der Waals surface area contributed by atoms with E-state index >= 15 is 0 Å². The van der Waals surface area contributed by atoms with Crippen molar-refractivity contribution < 1.29 is 24.9 Å². The van der Waals surface area contributed by atoms with Crippen LogP contribution < -0.4 is 0 Å². The number of hydrogen-bond acceptors (Lipinski definition) is 5. The third kappa shape index (κ3) is 5.45. The SMILES string of the molecule is CC1=Cc2cc3[nH]c(cc4nc(cc5[nH]c(cc1n2)c(C(C)O)c5C)C(C)=C4CCC(=O)O)c(CCC(=O)O)c3C. The Hall–Kier alpha value is -4.50. The molecule has 5 N–H and O–H groups in total. The number of aromatic amines is 2. The second-order valence-corrected chi connectivity index (χ2v) is 10.8. The lowest BCUT2D eigenvalue weighted by molar-refractivity contribution is -0.137. The summed E-state index contributed by atoms with van der Waals surface area (Å²) in [7, 11) is 0. The van der Waals surface area contributed by atoms with E-state index < -0.39 is 18.0 Å². The monoisotopic (exact) mass is 554 g/mol. The molecule has 8 bridgehead atoms. The fraction of sp³-hybridized carbons (Fsp3) is 0.312. The second-order valence-electron chi connectivity index (χ2n) is 10.8. The number of aromatic nitrogens is 4. The Kier molecular flexibility index (Phi) is 7.40. The first-order chi connectivity index (χ1) is 19.4. The Morgan fingerprint density at radius 2 is 1.39 bits per heavy atom.